The fourth-order valence-electron chi connectivity index (χ4n) is 5.40. The van der Waals surface area contributed by atoms with Crippen LogP contribution in [0.15, 0.2) is 59.6 Å². The lowest BCUT2D eigenvalue weighted by molar-refractivity contribution is -0.158. The second kappa shape index (κ2) is 13.6. The van der Waals surface area contributed by atoms with Crippen molar-refractivity contribution in [2.24, 2.45) is 11.8 Å². The summed E-state index contributed by atoms with van der Waals surface area (Å²) < 4.78 is 16.9. The quantitative estimate of drug-likeness (QED) is 0.145. The molecule has 0 radical (unpaired) electrons. The van der Waals surface area contributed by atoms with Crippen LogP contribution in [-0.4, -0.2) is 59.3 Å². The van der Waals surface area contributed by atoms with Gasteiger partial charge in [-0.05, 0) is 101 Å². The van der Waals surface area contributed by atoms with Gasteiger partial charge in [-0.15, -0.1) is 11.8 Å². The highest BCUT2D eigenvalue weighted by atomic mass is 32.2. The second-order valence-electron chi connectivity index (χ2n) is 11.5. The number of likely N-dealkylation sites (tertiary alicyclic amines) is 1. The van der Waals surface area contributed by atoms with E-state index in [2.05, 4.69) is 4.98 Å². The van der Waals surface area contributed by atoms with Crippen molar-refractivity contribution in [2.75, 3.05) is 26.0 Å². The van der Waals surface area contributed by atoms with Crippen LogP contribution in [0.3, 0.4) is 0 Å². The fraction of sp³-hybridized carbons (Fsp3) is 0.412. The van der Waals surface area contributed by atoms with Gasteiger partial charge in [-0.3, -0.25) is 9.78 Å². The summed E-state index contributed by atoms with van der Waals surface area (Å²) in [6.07, 6.45) is 3.60. The number of carbonyl (C=O) groups excluding carboxylic acids is 3. The largest absolute Gasteiger partial charge is 0.476 e. The van der Waals surface area contributed by atoms with Gasteiger partial charge in [-0.1, -0.05) is 24.3 Å². The molecule has 0 aliphatic carbocycles. The maximum Gasteiger partial charge on any atom is 0.415 e. The maximum atomic E-state index is 13.8. The topological polar surface area (TPSA) is 95.0 Å². The molecule has 1 aliphatic heterocycles. The molecule has 1 amide bonds. The molecule has 43 heavy (non-hydrogen) atoms. The first-order valence-electron chi connectivity index (χ1n) is 14.5. The van der Waals surface area contributed by atoms with Gasteiger partial charge in [-0.2, -0.15) is 0 Å². The summed E-state index contributed by atoms with van der Waals surface area (Å²) in [6, 6.07) is 15.2. The molecule has 2 unspecified atom stereocenters. The van der Waals surface area contributed by atoms with Crippen molar-refractivity contribution in [2.45, 2.75) is 58.5 Å². The molecule has 0 N–H and O–H groups in total. The first-order valence-corrected chi connectivity index (χ1v) is 15.7. The van der Waals surface area contributed by atoms with E-state index in [9.17, 15) is 14.4 Å². The third-order valence-corrected chi connectivity index (χ3v) is 8.39. The highest BCUT2D eigenvalue weighted by Crippen LogP contribution is 2.34. The third kappa shape index (κ3) is 7.76. The zero-order chi connectivity index (χ0) is 31.3. The molecule has 2 aromatic carbocycles. The highest BCUT2D eigenvalue weighted by Gasteiger charge is 2.41. The molecular weight excluding hydrogens is 564 g/mol. The first kappa shape index (κ1) is 32.1. The van der Waals surface area contributed by atoms with Gasteiger partial charge in [0.05, 0.1) is 12.8 Å². The number of benzene rings is 2. The molecule has 0 spiro atoms. The third-order valence-electron chi connectivity index (χ3n) is 7.64. The predicted molar refractivity (Wildman–Crippen MR) is 167 cm³/mol. The molecule has 1 saturated heterocycles. The van der Waals surface area contributed by atoms with Crippen LogP contribution in [0.4, 0.5) is 4.79 Å². The van der Waals surface area contributed by atoms with Crippen molar-refractivity contribution in [3.05, 3.63) is 82.7 Å². The number of thioether (sulfide) groups is 1. The number of pyridine rings is 1. The molecule has 3 aromatic rings. The summed E-state index contributed by atoms with van der Waals surface area (Å²) in [5.74, 6) is 0.0496. The molecule has 1 aromatic heterocycles. The Kier molecular flexibility index (Phi) is 10.2. The normalized spacial score (nSPS) is 16.6. The van der Waals surface area contributed by atoms with Gasteiger partial charge in [0.15, 0.2) is 17.1 Å². The number of nitrogens with zero attached hydrogens (tertiary/aromatic N) is 2. The minimum atomic E-state index is -1.14. The fourth-order valence-corrected chi connectivity index (χ4v) is 5.81. The molecule has 1 fully saturated rings. The van der Waals surface area contributed by atoms with Crippen molar-refractivity contribution in [1.82, 2.24) is 9.88 Å². The van der Waals surface area contributed by atoms with E-state index < -0.39 is 23.6 Å². The van der Waals surface area contributed by atoms with E-state index >= 15 is 0 Å². The average Bonchev–Trinajstić information content (AvgIpc) is 3.40. The summed E-state index contributed by atoms with van der Waals surface area (Å²) in [4.78, 5) is 46.3. The van der Waals surface area contributed by atoms with Gasteiger partial charge in [0.1, 0.15) is 5.75 Å². The van der Waals surface area contributed by atoms with E-state index in [0.29, 0.717) is 30.0 Å². The van der Waals surface area contributed by atoms with Crippen molar-refractivity contribution in [1.29, 1.82) is 0 Å². The molecule has 2 atom stereocenters. The number of aromatic nitrogens is 1. The minimum Gasteiger partial charge on any atom is -0.476 e. The Bertz CT molecular complexity index is 1450. The number of rotatable bonds is 10. The van der Waals surface area contributed by atoms with Crippen molar-refractivity contribution in [3.63, 3.8) is 0 Å². The van der Waals surface area contributed by atoms with Crippen LogP contribution in [0.25, 0.3) is 0 Å². The Labute approximate surface area is 258 Å². The first-order chi connectivity index (χ1) is 20.4. The predicted octanol–water partition coefficient (Wildman–Crippen LogP) is 6.62. The molecule has 1 aliphatic rings. The Morgan fingerprint density at radius 1 is 1.00 bits per heavy atom. The number of esters is 1. The Morgan fingerprint density at radius 2 is 1.67 bits per heavy atom. The Hall–Kier alpha value is -3.85. The zero-order valence-corrected chi connectivity index (χ0v) is 26.7. The Balaban J connectivity index is 1.57. The number of Topliss-reactive ketones (excluding diaryl/α,β-unsaturated/α-hetero) is 1. The second-order valence-corrected chi connectivity index (χ2v) is 12.3. The molecule has 0 saturated carbocycles. The number of ketones is 1. The van der Waals surface area contributed by atoms with E-state index in [1.54, 1.807) is 49.6 Å². The number of hydrogen-bond donors (Lipinski definition) is 0. The van der Waals surface area contributed by atoms with Gasteiger partial charge in [-0.25, -0.2) is 9.59 Å². The molecule has 228 valence electrons. The average molecular weight is 605 g/mol. The lowest BCUT2D eigenvalue weighted by Gasteiger charge is -2.27. The summed E-state index contributed by atoms with van der Waals surface area (Å²) in [5.41, 5.74) is 3.09. The van der Waals surface area contributed by atoms with E-state index in [1.807, 2.05) is 63.4 Å². The number of aryl methyl sites for hydroxylation is 3. The van der Waals surface area contributed by atoms with E-state index in [-0.39, 0.29) is 24.9 Å². The number of amides is 1. The van der Waals surface area contributed by atoms with Crippen LogP contribution >= 0.6 is 11.8 Å². The van der Waals surface area contributed by atoms with Crippen LogP contribution < -0.4 is 9.47 Å². The van der Waals surface area contributed by atoms with Crippen LogP contribution in [0.2, 0.25) is 0 Å². The summed E-state index contributed by atoms with van der Waals surface area (Å²) >= 11 is 1.62. The van der Waals surface area contributed by atoms with Crippen LogP contribution in [0.5, 0.6) is 11.5 Å². The number of ether oxygens (including phenoxy) is 3. The molecule has 2 heterocycles. The SMILES string of the molecule is CCOC(=O)C(C)(C)Oc1c(C)cc(CC2CN(C(=O)Oc3ccc(C)nc3)CC2C(=O)c2ccc(SC)cc2)cc1C. The zero-order valence-electron chi connectivity index (χ0n) is 25.9. The van der Waals surface area contributed by atoms with Gasteiger partial charge in [0, 0.05) is 35.2 Å². The summed E-state index contributed by atoms with van der Waals surface area (Å²) in [7, 11) is 0. The molecule has 9 heteroatoms. The van der Waals surface area contributed by atoms with Crippen molar-refractivity contribution < 1.29 is 28.6 Å². The molecular formula is C34H40N2O6S. The lowest BCUT2D eigenvalue weighted by atomic mass is 9.84. The van der Waals surface area contributed by atoms with Crippen molar-refractivity contribution in [3.8, 4) is 11.5 Å². The van der Waals surface area contributed by atoms with Gasteiger partial charge in [0.25, 0.3) is 0 Å². The molecule has 4 rings (SSSR count). The Morgan fingerprint density at radius 3 is 2.26 bits per heavy atom. The van der Waals surface area contributed by atoms with Crippen LogP contribution in [-0.2, 0) is 16.0 Å². The molecule has 8 nitrogen and oxygen atoms in total. The van der Waals surface area contributed by atoms with E-state index in [4.69, 9.17) is 14.2 Å². The maximum absolute atomic E-state index is 13.8. The van der Waals surface area contributed by atoms with Crippen molar-refractivity contribution >= 4 is 29.6 Å². The monoisotopic (exact) mass is 604 g/mol. The van der Waals surface area contributed by atoms with Crippen LogP contribution in [0.1, 0.15) is 53.5 Å². The lowest BCUT2D eigenvalue weighted by Crippen LogP contribution is -2.40. The minimum absolute atomic E-state index is 0.00883. The van der Waals surface area contributed by atoms with E-state index in [1.165, 1.54) is 6.20 Å². The number of carbonyl (C=O) groups is 3. The van der Waals surface area contributed by atoms with E-state index in [0.717, 1.165) is 27.3 Å². The summed E-state index contributed by atoms with van der Waals surface area (Å²) in [6.45, 7) is 11.8. The van der Waals surface area contributed by atoms with Crippen LogP contribution in [0, 0.1) is 32.6 Å². The summed E-state index contributed by atoms with van der Waals surface area (Å²) in [5, 5.41) is 0. The smallest absolute Gasteiger partial charge is 0.415 e. The van der Waals surface area contributed by atoms with Gasteiger partial charge < -0.3 is 19.1 Å². The standard InChI is InChI=1S/C34H40N2O6S/c1-8-40-32(38)34(5,6)42-31-21(2)15-24(16-22(31)3)17-26-19-36(33(39)41-27-12-9-23(4)35-18-27)20-29(26)30(37)25-10-13-28(43-7)14-11-25/h9-16,18,26,29H,8,17,19-20H2,1-7H3. The highest BCUT2D eigenvalue weighted by molar-refractivity contribution is 7.98. The van der Waals surface area contributed by atoms with Gasteiger partial charge >= 0.3 is 12.1 Å². The molecule has 0 bridgehead atoms. The van der Waals surface area contributed by atoms with Gasteiger partial charge in [0.2, 0.25) is 0 Å². The number of hydrogen-bond acceptors (Lipinski definition) is 8.